The number of hydrogen-bond donors (Lipinski definition) is 1. The molecule has 0 spiro atoms. The van der Waals surface area contributed by atoms with Crippen LogP contribution in [0.25, 0.3) is 5.65 Å². The van der Waals surface area contributed by atoms with Crippen LogP contribution in [0, 0.1) is 5.82 Å². The second-order valence-corrected chi connectivity index (χ2v) is 6.06. The standard InChI is InChI=1S/C16H18FN7O/c1-2-11-13(17)14(20-9-19-11)18-6-5-12-21-22-15-16(25)23(10-3-4-10)7-8-24(12)15/h7-10H,2-6H2,1H3,(H,18,19,20). The van der Waals surface area contributed by atoms with Crippen molar-refractivity contribution in [2.24, 2.45) is 0 Å². The minimum atomic E-state index is -0.427. The molecule has 9 heteroatoms. The van der Waals surface area contributed by atoms with Gasteiger partial charge in [-0.15, -0.1) is 10.2 Å². The van der Waals surface area contributed by atoms with Crippen molar-refractivity contribution in [2.45, 2.75) is 38.6 Å². The van der Waals surface area contributed by atoms with Gasteiger partial charge in [0, 0.05) is 31.4 Å². The van der Waals surface area contributed by atoms with Crippen molar-refractivity contribution in [1.29, 1.82) is 0 Å². The molecule has 8 nitrogen and oxygen atoms in total. The molecule has 0 bridgehead atoms. The molecule has 130 valence electrons. The van der Waals surface area contributed by atoms with E-state index in [1.807, 2.05) is 13.1 Å². The molecule has 1 aliphatic carbocycles. The first-order valence-electron chi connectivity index (χ1n) is 8.37. The molecule has 0 atom stereocenters. The van der Waals surface area contributed by atoms with Gasteiger partial charge < -0.3 is 9.88 Å². The van der Waals surface area contributed by atoms with Gasteiger partial charge >= 0.3 is 0 Å². The monoisotopic (exact) mass is 343 g/mol. The Morgan fingerprint density at radius 1 is 1.28 bits per heavy atom. The minimum Gasteiger partial charge on any atom is -0.367 e. The summed E-state index contributed by atoms with van der Waals surface area (Å²) in [5, 5.41) is 11.1. The third-order valence-electron chi connectivity index (χ3n) is 4.35. The molecule has 1 N–H and O–H groups in total. The Kier molecular flexibility index (Phi) is 3.90. The number of aromatic nitrogens is 6. The molecule has 0 unspecified atom stereocenters. The van der Waals surface area contributed by atoms with Gasteiger partial charge in [-0.05, 0) is 19.3 Å². The summed E-state index contributed by atoms with van der Waals surface area (Å²) >= 11 is 0. The van der Waals surface area contributed by atoms with Crippen LogP contribution in [-0.2, 0) is 12.8 Å². The Bertz CT molecular complexity index is 976. The number of rotatable bonds is 6. The first-order chi connectivity index (χ1) is 12.2. The lowest BCUT2D eigenvalue weighted by Gasteiger charge is -2.08. The van der Waals surface area contributed by atoms with E-state index in [4.69, 9.17) is 0 Å². The predicted molar refractivity (Wildman–Crippen MR) is 89.1 cm³/mol. The molecule has 0 radical (unpaired) electrons. The van der Waals surface area contributed by atoms with Gasteiger partial charge in [0.25, 0.3) is 5.56 Å². The van der Waals surface area contributed by atoms with Crippen molar-refractivity contribution in [3.05, 3.63) is 46.4 Å². The number of hydrogen-bond acceptors (Lipinski definition) is 6. The smallest absolute Gasteiger partial charge is 0.296 e. The maximum absolute atomic E-state index is 14.1. The number of nitrogens with one attached hydrogen (secondary N) is 1. The molecular formula is C16H18FN7O. The molecule has 3 aromatic rings. The van der Waals surface area contributed by atoms with Gasteiger partial charge in [0.15, 0.2) is 11.6 Å². The SMILES string of the molecule is CCc1ncnc(NCCc2nnc3c(=O)n(C4CC4)ccn23)c1F. The third-order valence-corrected chi connectivity index (χ3v) is 4.35. The Morgan fingerprint density at radius 2 is 2.12 bits per heavy atom. The maximum atomic E-state index is 14.1. The zero-order chi connectivity index (χ0) is 17.4. The topological polar surface area (TPSA) is 90.0 Å². The van der Waals surface area contributed by atoms with Crippen LogP contribution < -0.4 is 10.9 Å². The molecule has 4 rings (SSSR count). The van der Waals surface area contributed by atoms with Gasteiger partial charge in [-0.1, -0.05) is 6.92 Å². The summed E-state index contributed by atoms with van der Waals surface area (Å²) in [7, 11) is 0. The van der Waals surface area contributed by atoms with E-state index in [9.17, 15) is 9.18 Å². The molecule has 0 aromatic carbocycles. The number of nitrogens with zero attached hydrogens (tertiary/aromatic N) is 6. The zero-order valence-electron chi connectivity index (χ0n) is 13.8. The van der Waals surface area contributed by atoms with E-state index in [0.717, 1.165) is 12.8 Å². The summed E-state index contributed by atoms with van der Waals surface area (Å²) in [4.78, 5) is 20.2. The molecule has 3 heterocycles. The number of halogens is 1. The molecule has 3 aromatic heterocycles. The predicted octanol–water partition coefficient (Wildman–Crippen LogP) is 1.37. The van der Waals surface area contributed by atoms with E-state index in [0.29, 0.717) is 42.6 Å². The van der Waals surface area contributed by atoms with E-state index in [-0.39, 0.29) is 11.4 Å². The molecule has 25 heavy (non-hydrogen) atoms. The van der Waals surface area contributed by atoms with Crippen LogP contribution in [0.3, 0.4) is 0 Å². The first-order valence-corrected chi connectivity index (χ1v) is 8.37. The molecule has 1 aliphatic rings. The van der Waals surface area contributed by atoms with Gasteiger partial charge in [0.2, 0.25) is 5.65 Å². The van der Waals surface area contributed by atoms with Crippen molar-refractivity contribution < 1.29 is 4.39 Å². The fraction of sp³-hybridized carbons (Fsp3) is 0.438. The molecule has 0 amide bonds. The lowest BCUT2D eigenvalue weighted by Crippen LogP contribution is -2.21. The van der Waals surface area contributed by atoms with Crippen LogP contribution in [0.2, 0.25) is 0 Å². The number of aryl methyl sites for hydroxylation is 1. The maximum Gasteiger partial charge on any atom is 0.296 e. The second-order valence-electron chi connectivity index (χ2n) is 6.06. The minimum absolute atomic E-state index is 0.119. The number of fused-ring (bicyclic) bond motifs is 1. The lowest BCUT2D eigenvalue weighted by molar-refractivity contribution is 0.596. The highest BCUT2D eigenvalue weighted by Crippen LogP contribution is 2.33. The molecule has 1 fully saturated rings. The van der Waals surface area contributed by atoms with Crippen LogP contribution in [0.4, 0.5) is 10.2 Å². The summed E-state index contributed by atoms with van der Waals surface area (Å²) in [5.41, 5.74) is 0.586. The van der Waals surface area contributed by atoms with Gasteiger partial charge in [-0.3, -0.25) is 9.20 Å². The van der Waals surface area contributed by atoms with E-state index in [2.05, 4.69) is 25.5 Å². The summed E-state index contributed by atoms with van der Waals surface area (Å²) in [5.74, 6) is 0.396. The molecule has 0 saturated heterocycles. The van der Waals surface area contributed by atoms with Gasteiger partial charge in [-0.2, -0.15) is 0 Å². The Morgan fingerprint density at radius 3 is 2.88 bits per heavy atom. The molecular weight excluding hydrogens is 325 g/mol. The van der Waals surface area contributed by atoms with Crippen molar-refractivity contribution in [3.63, 3.8) is 0 Å². The fourth-order valence-electron chi connectivity index (χ4n) is 2.83. The Hall–Kier alpha value is -2.84. The van der Waals surface area contributed by atoms with E-state index < -0.39 is 5.82 Å². The van der Waals surface area contributed by atoms with E-state index in [1.165, 1.54) is 6.33 Å². The molecule has 1 saturated carbocycles. The highest BCUT2D eigenvalue weighted by atomic mass is 19.1. The Balaban J connectivity index is 1.50. The normalized spacial score (nSPS) is 14.2. The van der Waals surface area contributed by atoms with E-state index in [1.54, 1.807) is 15.2 Å². The summed E-state index contributed by atoms with van der Waals surface area (Å²) in [6.45, 7) is 2.26. The van der Waals surface area contributed by atoms with Crippen molar-refractivity contribution >= 4 is 11.5 Å². The summed E-state index contributed by atoms with van der Waals surface area (Å²) in [6.07, 6.45) is 7.99. The number of anilines is 1. The molecule has 0 aliphatic heterocycles. The van der Waals surface area contributed by atoms with Crippen molar-refractivity contribution in [2.75, 3.05) is 11.9 Å². The summed E-state index contributed by atoms with van der Waals surface area (Å²) in [6, 6.07) is 0.299. The quantitative estimate of drug-likeness (QED) is 0.727. The van der Waals surface area contributed by atoms with Crippen LogP contribution in [-0.4, -0.2) is 35.7 Å². The van der Waals surface area contributed by atoms with E-state index >= 15 is 0 Å². The highest BCUT2D eigenvalue weighted by Gasteiger charge is 2.25. The highest BCUT2D eigenvalue weighted by molar-refractivity contribution is 5.38. The summed E-state index contributed by atoms with van der Waals surface area (Å²) < 4.78 is 17.5. The third kappa shape index (κ3) is 2.86. The average molecular weight is 343 g/mol. The fourth-order valence-corrected chi connectivity index (χ4v) is 2.83. The van der Waals surface area contributed by atoms with Gasteiger partial charge in [0.1, 0.15) is 12.2 Å². The first kappa shape index (κ1) is 15.7. The lowest BCUT2D eigenvalue weighted by atomic mass is 10.3. The van der Waals surface area contributed by atoms with Crippen LogP contribution in [0.1, 0.15) is 37.3 Å². The second kappa shape index (κ2) is 6.23. The zero-order valence-corrected chi connectivity index (χ0v) is 13.8. The van der Waals surface area contributed by atoms with Gasteiger partial charge in [0.05, 0.1) is 5.69 Å². The van der Waals surface area contributed by atoms with Crippen LogP contribution in [0.15, 0.2) is 23.5 Å². The Labute approximate surface area is 142 Å². The van der Waals surface area contributed by atoms with Gasteiger partial charge in [-0.25, -0.2) is 14.4 Å². The average Bonchev–Trinajstić information content (AvgIpc) is 3.37. The van der Waals surface area contributed by atoms with Crippen molar-refractivity contribution in [3.8, 4) is 0 Å². The van der Waals surface area contributed by atoms with Crippen LogP contribution in [0.5, 0.6) is 0 Å². The van der Waals surface area contributed by atoms with Crippen LogP contribution >= 0.6 is 0 Å². The van der Waals surface area contributed by atoms with Crippen molar-refractivity contribution in [1.82, 2.24) is 29.1 Å². The largest absolute Gasteiger partial charge is 0.367 e.